The molecule has 0 fully saturated rings. The van der Waals surface area contributed by atoms with Crippen LogP contribution in [0.25, 0.3) is 6.08 Å². The number of hydrogen-bond donors (Lipinski definition) is 0. The number of esters is 1. The first-order chi connectivity index (χ1) is 17.8. The molecule has 2 heterocycles. The van der Waals surface area contributed by atoms with Gasteiger partial charge in [-0.05, 0) is 56.5 Å². The molecule has 0 unspecified atom stereocenters. The molecule has 7 nitrogen and oxygen atoms in total. The van der Waals surface area contributed by atoms with Gasteiger partial charge in [-0.15, -0.1) is 0 Å². The van der Waals surface area contributed by atoms with Crippen molar-refractivity contribution in [1.29, 1.82) is 0 Å². The highest BCUT2D eigenvalue weighted by Gasteiger charge is 2.35. The third-order valence-electron chi connectivity index (χ3n) is 5.79. The van der Waals surface area contributed by atoms with Gasteiger partial charge in [0.25, 0.3) is 5.56 Å². The number of ether oxygens (including phenoxy) is 3. The number of carbonyl (C=O) groups is 1. The molecule has 8 heteroatoms. The Balaban J connectivity index is 1.84. The van der Waals surface area contributed by atoms with Gasteiger partial charge in [-0.1, -0.05) is 55.5 Å². The summed E-state index contributed by atoms with van der Waals surface area (Å²) in [4.78, 5) is 32.0. The predicted octanol–water partition coefficient (Wildman–Crippen LogP) is 4.23. The Morgan fingerprint density at radius 2 is 1.81 bits per heavy atom. The molecule has 1 atom stereocenters. The van der Waals surface area contributed by atoms with E-state index in [1.807, 2.05) is 61.5 Å². The van der Waals surface area contributed by atoms with Crippen LogP contribution in [0.2, 0.25) is 0 Å². The van der Waals surface area contributed by atoms with Gasteiger partial charge in [0.15, 0.2) is 4.80 Å². The van der Waals surface area contributed by atoms with E-state index < -0.39 is 12.0 Å². The van der Waals surface area contributed by atoms with E-state index in [9.17, 15) is 9.59 Å². The predicted molar refractivity (Wildman–Crippen MR) is 145 cm³/mol. The SMILES string of the molecule is CCOC(=O)C1=C(C)N=c2s/c(=C\c3ccc(OCC(C)C)cc3)c(=O)n2[C@@H]1c1ccccc1OCC. The highest BCUT2D eigenvalue weighted by molar-refractivity contribution is 7.07. The fourth-order valence-electron chi connectivity index (χ4n) is 4.15. The van der Waals surface area contributed by atoms with Crippen molar-refractivity contribution in [1.82, 2.24) is 4.57 Å². The Morgan fingerprint density at radius 1 is 1.08 bits per heavy atom. The minimum absolute atomic E-state index is 0.219. The molecule has 0 aliphatic carbocycles. The van der Waals surface area contributed by atoms with Gasteiger partial charge in [-0.25, -0.2) is 9.79 Å². The first-order valence-electron chi connectivity index (χ1n) is 12.5. The third kappa shape index (κ3) is 5.69. The first kappa shape index (κ1) is 26.4. The molecule has 4 rings (SSSR count). The van der Waals surface area contributed by atoms with Crippen LogP contribution in [0, 0.1) is 5.92 Å². The van der Waals surface area contributed by atoms with E-state index in [2.05, 4.69) is 18.8 Å². The summed E-state index contributed by atoms with van der Waals surface area (Å²) in [6.07, 6.45) is 1.84. The van der Waals surface area contributed by atoms with Gasteiger partial charge < -0.3 is 14.2 Å². The lowest BCUT2D eigenvalue weighted by Crippen LogP contribution is -2.40. The number of nitrogens with zero attached hydrogens (tertiary/aromatic N) is 2. The Labute approximate surface area is 220 Å². The maximum Gasteiger partial charge on any atom is 0.338 e. The second-order valence-electron chi connectivity index (χ2n) is 9.05. The van der Waals surface area contributed by atoms with Crippen LogP contribution in [-0.4, -0.2) is 30.4 Å². The van der Waals surface area contributed by atoms with Gasteiger partial charge in [0, 0.05) is 5.56 Å². The molecule has 0 N–H and O–H groups in total. The Morgan fingerprint density at radius 3 is 2.49 bits per heavy atom. The Hall–Kier alpha value is -3.65. The molecule has 194 valence electrons. The second-order valence-corrected chi connectivity index (χ2v) is 10.1. The molecular formula is C29H32N2O5S. The van der Waals surface area contributed by atoms with Crippen molar-refractivity contribution in [2.45, 2.75) is 40.7 Å². The maximum absolute atomic E-state index is 13.8. The number of aromatic nitrogens is 1. The highest BCUT2D eigenvalue weighted by Crippen LogP contribution is 2.35. The summed E-state index contributed by atoms with van der Waals surface area (Å²) < 4.78 is 19.1. The van der Waals surface area contributed by atoms with E-state index >= 15 is 0 Å². The maximum atomic E-state index is 13.8. The minimum Gasteiger partial charge on any atom is -0.494 e. The number of carbonyl (C=O) groups excluding carboxylic acids is 1. The van der Waals surface area contributed by atoms with Crippen LogP contribution in [0.3, 0.4) is 0 Å². The van der Waals surface area contributed by atoms with Crippen LogP contribution in [0.4, 0.5) is 0 Å². The number of para-hydroxylation sites is 1. The first-order valence-corrected chi connectivity index (χ1v) is 13.3. The molecule has 0 saturated heterocycles. The number of rotatable bonds is 9. The normalized spacial score (nSPS) is 15.4. The van der Waals surface area contributed by atoms with Gasteiger partial charge in [0.1, 0.15) is 17.5 Å². The fraction of sp³-hybridized carbons (Fsp3) is 0.345. The summed E-state index contributed by atoms with van der Waals surface area (Å²) in [5.74, 6) is 1.34. The van der Waals surface area contributed by atoms with E-state index in [4.69, 9.17) is 14.2 Å². The molecule has 0 bridgehead atoms. The largest absolute Gasteiger partial charge is 0.494 e. The van der Waals surface area contributed by atoms with Crippen molar-refractivity contribution >= 4 is 23.4 Å². The van der Waals surface area contributed by atoms with E-state index in [-0.39, 0.29) is 12.2 Å². The van der Waals surface area contributed by atoms with Gasteiger partial charge >= 0.3 is 5.97 Å². The molecule has 0 saturated carbocycles. The van der Waals surface area contributed by atoms with Gasteiger partial charge in [0.2, 0.25) is 0 Å². The fourth-order valence-corrected chi connectivity index (χ4v) is 5.20. The molecule has 1 aliphatic heterocycles. The molecular weight excluding hydrogens is 488 g/mol. The minimum atomic E-state index is -0.716. The molecule has 2 aromatic carbocycles. The summed E-state index contributed by atoms with van der Waals surface area (Å²) in [7, 11) is 0. The van der Waals surface area contributed by atoms with Crippen LogP contribution in [-0.2, 0) is 9.53 Å². The van der Waals surface area contributed by atoms with Crippen LogP contribution in [0.15, 0.2) is 69.6 Å². The van der Waals surface area contributed by atoms with E-state index in [1.54, 1.807) is 18.4 Å². The lowest BCUT2D eigenvalue weighted by atomic mass is 9.95. The van der Waals surface area contributed by atoms with Crippen LogP contribution < -0.4 is 24.4 Å². The number of fused-ring (bicyclic) bond motifs is 1. The molecule has 0 amide bonds. The summed E-state index contributed by atoms with van der Waals surface area (Å²) in [5.41, 5.74) is 2.21. The van der Waals surface area contributed by atoms with Gasteiger partial charge in [-0.3, -0.25) is 9.36 Å². The van der Waals surface area contributed by atoms with Crippen molar-refractivity contribution in [2.75, 3.05) is 19.8 Å². The number of hydrogen-bond acceptors (Lipinski definition) is 7. The smallest absolute Gasteiger partial charge is 0.338 e. The zero-order chi connectivity index (χ0) is 26.5. The van der Waals surface area contributed by atoms with Crippen LogP contribution in [0.1, 0.15) is 51.8 Å². The molecule has 3 aromatic rings. The van der Waals surface area contributed by atoms with Crippen molar-refractivity contribution in [3.63, 3.8) is 0 Å². The average molecular weight is 521 g/mol. The van der Waals surface area contributed by atoms with Gasteiger partial charge in [0.05, 0.1) is 35.6 Å². The molecule has 1 aromatic heterocycles. The standard InChI is InChI=1S/C29H32N2O5S/c1-6-34-23-11-9-8-10-22(23)26-25(28(33)35-7-2)19(5)30-29-31(26)27(32)24(37-29)16-20-12-14-21(15-13-20)36-17-18(3)4/h8-16,18,26H,6-7,17H2,1-5H3/b24-16-/t26-/m1/s1. The third-order valence-corrected chi connectivity index (χ3v) is 6.77. The monoisotopic (exact) mass is 520 g/mol. The van der Waals surface area contributed by atoms with E-state index in [0.29, 0.717) is 51.0 Å². The zero-order valence-corrected chi connectivity index (χ0v) is 22.6. The van der Waals surface area contributed by atoms with Crippen molar-refractivity contribution in [3.05, 3.63) is 90.6 Å². The number of benzene rings is 2. The van der Waals surface area contributed by atoms with E-state index in [0.717, 1.165) is 11.3 Å². The van der Waals surface area contributed by atoms with Crippen molar-refractivity contribution < 1.29 is 19.0 Å². The molecule has 1 aliphatic rings. The lowest BCUT2D eigenvalue weighted by Gasteiger charge is -2.26. The lowest BCUT2D eigenvalue weighted by molar-refractivity contribution is -0.139. The van der Waals surface area contributed by atoms with E-state index in [1.165, 1.54) is 11.3 Å². The molecule has 0 radical (unpaired) electrons. The number of thiazole rings is 1. The number of allylic oxidation sites excluding steroid dienone is 1. The second kappa shape index (κ2) is 11.6. The average Bonchev–Trinajstić information content (AvgIpc) is 3.17. The topological polar surface area (TPSA) is 79.1 Å². The Kier molecular flexibility index (Phi) is 8.28. The van der Waals surface area contributed by atoms with Crippen molar-refractivity contribution in [3.8, 4) is 11.5 Å². The molecule has 37 heavy (non-hydrogen) atoms. The van der Waals surface area contributed by atoms with Crippen LogP contribution in [0.5, 0.6) is 11.5 Å². The van der Waals surface area contributed by atoms with Gasteiger partial charge in [-0.2, -0.15) is 0 Å². The summed E-state index contributed by atoms with van der Waals surface area (Å²) in [6.45, 7) is 10.9. The Bertz CT molecular complexity index is 1480. The quantitative estimate of drug-likeness (QED) is 0.395. The molecule has 0 spiro atoms. The summed E-state index contributed by atoms with van der Waals surface area (Å²) >= 11 is 1.29. The van der Waals surface area contributed by atoms with Crippen LogP contribution >= 0.6 is 11.3 Å². The van der Waals surface area contributed by atoms with Crippen molar-refractivity contribution in [2.24, 2.45) is 10.9 Å². The summed E-state index contributed by atoms with van der Waals surface area (Å²) in [6, 6.07) is 14.4. The zero-order valence-electron chi connectivity index (χ0n) is 21.8. The highest BCUT2D eigenvalue weighted by atomic mass is 32.1. The summed E-state index contributed by atoms with van der Waals surface area (Å²) in [5, 5.41) is 0.